The first-order chi connectivity index (χ1) is 18.7. The molecule has 0 aliphatic carbocycles. The number of rotatable bonds is 8. The van der Waals surface area contributed by atoms with Gasteiger partial charge in [-0.15, -0.1) is 0 Å². The molecule has 3 aromatic carbocycles. The summed E-state index contributed by atoms with van der Waals surface area (Å²) in [6.07, 6.45) is 1.84. The number of fused-ring (bicyclic) bond motifs is 1. The fourth-order valence-electron chi connectivity index (χ4n) is 4.91. The van der Waals surface area contributed by atoms with E-state index >= 15 is 0 Å². The maximum absolute atomic E-state index is 13.3. The Morgan fingerprint density at radius 3 is 2.38 bits per heavy atom. The molecule has 1 aliphatic heterocycles. The lowest BCUT2D eigenvalue weighted by Crippen LogP contribution is -2.48. The monoisotopic (exact) mass is 639 g/mol. The van der Waals surface area contributed by atoms with E-state index in [4.69, 9.17) is 18.9 Å². The van der Waals surface area contributed by atoms with Gasteiger partial charge in [0.15, 0.2) is 17.4 Å². The number of nitrogens with one attached hydrogen (secondary N) is 1. The van der Waals surface area contributed by atoms with Gasteiger partial charge in [0.05, 0.1) is 10.2 Å². The van der Waals surface area contributed by atoms with E-state index in [-0.39, 0.29) is 0 Å². The summed E-state index contributed by atoms with van der Waals surface area (Å²) >= 11 is 2.21. The van der Waals surface area contributed by atoms with Crippen LogP contribution < -0.4 is 9.47 Å². The molecule has 0 saturated carbocycles. The van der Waals surface area contributed by atoms with E-state index < -0.39 is 29.6 Å². The first-order valence-corrected chi connectivity index (χ1v) is 13.9. The molecule has 5 rings (SSSR count). The Labute approximate surface area is 240 Å². The topological polar surface area (TPSA) is 86.9 Å². The lowest BCUT2D eigenvalue weighted by Gasteiger charge is -2.36. The Kier molecular flexibility index (Phi) is 7.57. The molecule has 0 radical (unpaired) electrons. The molecule has 0 amide bonds. The summed E-state index contributed by atoms with van der Waals surface area (Å²) in [5.74, 6) is -3.31. The molecule has 4 aromatic rings. The molecule has 7 nitrogen and oxygen atoms in total. The minimum Gasteiger partial charge on any atom is -0.490 e. The molecule has 39 heavy (non-hydrogen) atoms. The van der Waals surface area contributed by atoms with E-state index in [1.165, 1.54) is 5.56 Å². The molecule has 0 unspecified atom stereocenters. The summed E-state index contributed by atoms with van der Waals surface area (Å²) in [4.78, 5) is 29.9. The van der Waals surface area contributed by atoms with Crippen molar-refractivity contribution in [2.24, 2.45) is 5.92 Å². The number of hydrogen-bond acceptors (Lipinski definition) is 6. The van der Waals surface area contributed by atoms with Crippen LogP contribution in [0.3, 0.4) is 0 Å². The number of esters is 2. The zero-order valence-corrected chi connectivity index (χ0v) is 24.4. The van der Waals surface area contributed by atoms with Gasteiger partial charge in [0.2, 0.25) is 0 Å². The SMILES string of the molecule is CCOc1cc([C@H](c2c[nH]c3ccccc23)C2C(=O)OC(C)(C)OC2=O)cc(I)c1OCc1ccc(C)cc1. The van der Waals surface area contributed by atoms with Crippen LogP contribution in [0.4, 0.5) is 0 Å². The first-order valence-electron chi connectivity index (χ1n) is 12.8. The number of halogens is 1. The number of hydrogen-bond donors (Lipinski definition) is 1. The summed E-state index contributed by atoms with van der Waals surface area (Å²) in [6, 6.07) is 19.7. The van der Waals surface area contributed by atoms with E-state index in [1.807, 2.05) is 80.7 Å². The molecule has 1 aliphatic rings. The van der Waals surface area contributed by atoms with E-state index in [0.717, 1.165) is 25.6 Å². The number of H-pyrrole nitrogens is 1. The largest absolute Gasteiger partial charge is 0.490 e. The Balaban J connectivity index is 1.60. The van der Waals surface area contributed by atoms with Gasteiger partial charge in [0, 0.05) is 36.9 Å². The van der Waals surface area contributed by atoms with E-state index in [1.54, 1.807) is 13.8 Å². The highest BCUT2D eigenvalue weighted by atomic mass is 127. The average molecular weight is 639 g/mol. The van der Waals surface area contributed by atoms with Crippen molar-refractivity contribution in [3.63, 3.8) is 0 Å². The molecule has 1 fully saturated rings. The van der Waals surface area contributed by atoms with Gasteiger partial charge in [0.25, 0.3) is 5.79 Å². The standard InChI is InChI=1S/C31H30INO6/c1-5-36-25-15-20(14-23(32)28(25)37-17-19-12-10-18(2)11-13-19)26(22-16-33-24-9-7-6-8-21(22)24)27-29(34)38-31(3,4)39-30(27)35/h6-16,26-27,33H,5,17H2,1-4H3/t26-/m1/s1. The van der Waals surface area contributed by atoms with Crippen molar-refractivity contribution in [3.8, 4) is 11.5 Å². The first kappa shape index (κ1) is 27.1. The number of aryl methyl sites for hydroxylation is 1. The highest BCUT2D eigenvalue weighted by molar-refractivity contribution is 14.1. The highest BCUT2D eigenvalue weighted by Gasteiger charge is 2.49. The number of ether oxygens (including phenoxy) is 4. The van der Waals surface area contributed by atoms with Crippen LogP contribution in [0.2, 0.25) is 0 Å². The average Bonchev–Trinajstić information content (AvgIpc) is 3.30. The van der Waals surface area contributed by atoms with Gasteiger partial charge in [-0.1, -0.05) is 48.0 Å². The molecular weight excluding hydrogens is 609 g/mol. The summed E-state index contributed by atoms with van der Waals surface area (Å²) in [6.45, 7) is 7.84. The van der Waals surface area contributed by atoms with Crippen LogP contribution in [0.25, 0.3) is 10.9 Å². The number of aromatic amines is 1. The molecule has 1 saturated heterocycles. The molecule has 1 aromatic heterocycles. The molecule has 1 atom stereocenters. The molecule has 8 heteroatoms. The van der Waals surface area contributed by atoms with Gasteiger partial charge in [-0.05, 0) is 71.3 Å². The van der Waals surface area contributed by atoms with Crippen molar-refractivity contribution < 1.29 is 28.5 Å². The second-order valence-electron chi connectivity index (χ2n) is 10.0. The van der Waals surface area contributed by atoms with E-state index in [0.29, 0.717) is 30.3 Å². The summed E-state index contributed by atoms with van der Waals surface area (Å²) in [5, 5.41) is 0.903. The second-order valence-corrected chi connectivity index (χ2v) is 11.2. The van der Waals surface area contributed by atoms with Crippen molar-refractivity contribution in [1.29, 1.82) is 0 Å². The Morgan fingerprint density at radius 2 is 1.69 bits per heavy atom. The summed E-state index contributed by atoms with van der Waals surface area (Å²) in [7, 11) is 0. The fourth-order valence-corrected chi connectivity index (χ4v) is 5.69. The van der Waals surface area contributed by atoms with Crippen LogP contribution >= 0.6 is 22.6 Å². The lowest BCUT2D eigenvalue weighted by molar-refractivity contribution is -0.240. The Hall–Kier alpha value is -3.53. The number of carbonyl (C=O) groups excluding carboxylic acids is 2. The predicted molar refractivity (Wildman–Crippen MR) is 156 cm³/mol. The minimum atomic E-state index is -1.33. The third-order valence-electron chi connectivity index (χ3n) is 6.68. The second kappa shape index (κ2) is 10.9. The fraction of sp³-hybridized carbons (Fsp3) is 0.290. The maximum Gasteiger partial charge on any atom is 0.324 e. The zero-order chi connectivity index (χ0) is 27.7. The van der Waals surface area contributed by atoms with Crippen molar-refractivity contribution >= 4 is 45.4 Å². The normalized spacial score (nSPS) is 16.0. The maximum atomic E-state index is 13.3. The van der Waals surface area contributed by atoms with Crippen molar-refractivity contribution in [2.45, 2.75) is 46.0 Å². The molecule has 202 valence electrons. The van der Waals surface area contributed by atoms with Crippen LogP contribution in [-0.2, 0) is 25.7 Å². The number of benzene rings is 3. The van der Waals surface area contributed by atoms with Crippen molar-refractivity contribution in [1.82, 2.24) is 4.98 Å². The third kappa shape index (κ3) is 5.61. The van der Waals surface area contributed by atoms with E-state index in [2.05, 4.69) is 27.6 Å². The zero-order valence-electron chi connectivity index (χ0n) is 22.2. The van der Waals surface area contributed by atoms with Crippen LogP contribution in [0, 0.1) is 16.4 Å². The lowest BCUT2D eigenvalue weighted by atomic mass is 9.80. The molecule has 0 bridgehead atoms. The number of cyclic esters (lactones) is 2. The minimum absolute atomic E-state index is 0.373. The molecule has 1 N–H and O–H groups in total. The van der Waals surface area contributed by atoms with Crippen molar-refractivity contribution in [3.05, 3.63) is 92.7 Å². The van der Waals surface area contributed by atoms with Crippen LogP contribution in [0.5, 0.6) is 11.5 Å². The van der Waals surface area contributed by atoms with Gasteiger partial charge in [-0.25, -0.2) is 0 Å². The van der Waals surface area contributed by atoms with E-state index in [9.17, 15) is 9.59 Å². The third-order valence-corrected chi connectivity index (χ3v) is 7.49. The summed E-state index contributed by atoms with van der Waals surface area (Å²) in [5.41, 5.74) is 4.62. The number of carbonyl (C=O) groups is 2. The van der Waals surface area contributed by atoms with Gasteiger partial charge < -0.3 is 23.9 Å². The Morgan fingerprint density at radius 1 is 1.00 bits per heavy atom. The smallest absolute Gasteiger partial charge is 0.324 e. The number of aromatic nitrogens is 1. The quantitative estimate of drug-likeness (QED) is 0.132. The van der Waals surface area contributed by atoms with Crippen LogP contribution in [0.1, 0.15) is 48.9 Å². The van der Waals surface area contributed by atoms with Crippen molar-refractivity contribution in [2.75, 3.05) is 6.61 Å². The van der Waals surface area contributed by atoms with Gasteiger partial charge >= 0.3 is 11.9 Å². The predicted octanol–water partition coefficient (Wildman–Crippen LogP) is 6.64. The van der Waals surface area contributed by atoms with Crippen LogP contribution in [0.15, 0.2) is 66.9 Å². The van der Waals surface area contributed by atoms with Crippen LogP contribution in [-0.4, -0.2) is 29.3 Å². The Bertz CT molecular complexity index is 1500. The highest BCUT2D eigenvalue weighted by Crippen LogP contribution is 2.44. The number of para-hydroxylation sites is 1. The van der Waals surface area contributed by atoms with Gasteiger partial charge in [-0.2, -0.15) is 0 Å². The summed E-state index contributed by atoms with van der Waals surface area (Å²) < 4.78 is 24.1. The van der Waals surface area contributed by atoms with Gasteiger partial charge in [-0.3, -0.25) is 9.59 Å². The molecular formula is C31H30INO6. The molecule has 2 heterocycles. The van der Waals surface area contributed by atoms with Gasteiger partial charge in [0.1, 0.15) is 6.61 Å². The molecule has 0 spiro atoms.